The Morgan fingerprint density at radius 1 is 1.39 bits per heavy atom. The number of benzene rings is 1. The van der Waals surface area contributed by atoms with Crippen LogP contribution in [0.1, 0.15) is 13.3 Å². The van der Waals surface area contributed by atoms with Crippen molar-refractivity contribution >= 4 is 21.2 Å². The minimum Gasteiger partial charge on any atom is -0.491 e. The first kappa shape index (κ1) is 14.6. The Bertz CT molecular complexity index is 486. The van der Waals surface area contributed by atoms with Gasteiger partial charge in [-0.25, -0.2) is 8.42 Å². The fraction of sp³-hybridized carbons (Fsp3) is 0.500. The third-order valence-electron chi connectivity index (χ3n) is 2.28. The highest BCUT2D eigenvalue weighted by Crippen LogP contribution is 2.25. The molecule has 0 heterocycles. The molecule has 0 atom stereocenters. The average molecular weight is 272 g/mol. The van der Waals surface area contributed by atoms with Gasteiger partial charge in [0.1, 0.15) is 15.6 Å². The van der Waals surface area contributed by atoms with Gasteiger partial charge in [-0.05, 0) is 18.6 Å². The van der Waals surface area contributed by atoms with Gasteiger partial charge in [-0.15, -0.1) is 0 Å². The highest BCUT2D eigenvalue weighted by atomic mass is 32.2. The fourth-order valence-electron chi connectivity index (χ4n) is 1.36. The van der Waals surface area contributed by atoms with Crippen LogP contribution < -0.4 is 15.8 Å². The summed E-state index contributed by atoms with van der Waals surface area (Å²) in [6, 6.07) is 5.33. The normalized spacial score (nSPS) is 11.2. The molecule has 0 saturated carbocycles. The van der Waals surface area contributed by atoms with Crippen molar-refractivity contribution in [2.75, 3.05) is 36.2 Å². The average Bonchev–Trinajstić information content (AvgIpc) is 2.28. The molecule has 0 aliphatic carbocycles. The number of rotatable bonds is 7. The van der Waals surface area contributed by atoms with Gasteiger partial charge < -0.3 is 15.8 Å². The molecule has 0 radical (unpaired) electrons. The molecule has 1 aromatic rings. The highest BCUT2D eigenvalue weighted by Gasteiger charge is 2.04. The van der Waals surface area contributed by atoms with E-state index in [0.717, 1.165) is 12.1 Å². The standard InChI is InChI=1S/C12H20N2O3S/c1-3-7-17-12-9-10(4-5-11(12)13)14-6-8-18(2,15)16/h4-5,9,14H,3,6-8,13H2,1-2H3. The Hall–Kier alpha value is -1.43. The van der Waals surface area contributed by atoms with E-state index in [0.29, 0.717) is 24.6 Å². The molecule has 0 amide bonds. The summed E-state index contributed by atoms with van der Waals surface area (Å²) in [6.07, 6.45) is 2.12. The lowest BCUT2D eigenvalue weighted by atomic mass is 10.2. The number of hydrogen-bond acceptors (Lipinski definition) is 5. The minimum absolute atomic E-state index is 0.0997. The van der Waals surface area contributed by atoms with Crippen molar-refractivity contribution in [2.45, 2.75) is 13.3 Å². The van der Waals surface area contributed by atoms with E-state index in [1.54, 1.807) is 18.2 Å². The quantitative estimate of drug-likeness (QED) is 0.735. The zero-order valence-corrected chi connectivity index (χ0v) is 11.6. The summed E-state index contributed by atoms with van der Waals surface area (Å²) < 4.78 is 27.5. The molecule has 6 heteroatoms. The predicted octanol–water partition coefficient (Wildman–Crippen LogP) is 1.51. The Balaban J connectivity index is 2.61. The molecule has 1 rings (SSSR count). The van der Waals surface area contributed by atoms with Crippen LogP contribution in [-0.4, -0.2) is 33.6 Å². The minimum atomic E-state index is -2.95. The molecular formula is C12H20N2O3S. The lowest BCUT2D eigenvalue weighted by Gasteiger charge is -2.11. The van der Waals surface area contributed by atoms with Crippen LogP contribution in [0, 0.1) is 0 Å². The predicted molar refractivity (Wildman–Crippen MR) is 74.8 cm³/mol. The molecule has 0 aliphatic rings. The van der Waals surface area contributed by atoms with E-state index in [1.807, 2.05) is 6.92 Å². The number of sulfone groups is 1. The Labute approximate surface area is 108 Å². The second-order valence-corrected chi connectivity index (χ2v) is 6.42. The third-order valence-corrected chi connectivity index (χ3v) is 3.22. The largest absolute Gasteiger partial charge is 0.491 e. The molecule has 0 saturated heterocycles. The Morgan fingerprint density at radius 2 is 2.11 bits per heavy atom. The zero-order valence-electron chi connectivity index (χ0n) is 10.8. The monoisotopic (exact) mass is 272 g/mol. The van der Waals surface area contributed by atoms with Gasteiger partial charge in [0, 0.05) is 24.6 Å². The zero-order chi connectivity index (χ0) is 13.6. The second kappa shape index (κ2) is 6.49. The van der Waals surface area contributed by atoms with Crippen molar-refractivity contribution < 1.29 is 13.2 Å². The molecule has 0 bridgehead atoms. The molecule has 0 aliphatic heterocycles. The van der Waals surface area contributed by atoms with Crippen molar-refractivity contribution in [3.8, 4) is 5.75 Å². The molecule has 0 unspecified atom stereocenters. The molecule has 1 aromatic carbocycles. The molecule has 0 spiro atoms. The number of nitrogens with two attached hydrogens (primary N) is 1. The van der Waals surface area contributed by atoms with Crippen molar-refractivity contribution in [1.82, 2.24) is 0 Å². The van der Waals surface area contributed by atoms with Crippen LogP contribution in [-0.2, 0) is 9.84 Å². The number of hydrogen-bond donors (Lipinski definition) is 2. The van der Waals surface area contributed by atoms with Gasteiger partial charge in [-0.2, -0.15) is 0 Å². The van der Waals surface area contributed by atoms with Crippen LogP contribution in [0.4, 0.5) is 11.4 Å². The summed E-state index contributed by atoms with van der Waals surface area (Å²) in [6.45, 7) is 3.00. The van der Waals surface area contributed by atoms with Crippen LogP contribution in [0.15, 0.2) is 18.2 Å². The van der Waals surface area contributed by atoms with Crippen LogP contribution in [0.2, 0.25) is 0 Å². The number of nitrogens with one attached hydrogen (secondary N) is 1. The van der Waals surface area contributed by atoms with Gasteiger partial charge in [0.15, 0.2) is 0 Å². The van der Waals surface area contributed by atoms with Crippen LogP contribution >= 0.6 is 0 Å². The van der Waals surface area contributed by atoms with E-state index >= 15 is 0 Å². The maximum absolute atomic E-state index is 11.0. The molecular weight excluding hydrogens is 252 g/mol. The summed E-state index contributed by atoms with van der Waals surface area (Å²) in [4.78, 5) is 0. The van der Waals surface area contributed by atoms with E-state index in [9.17, 15) is 8.42 Å². The molecule has 0 fully saturated rings. The second-order valence-electron chi connectivity index (χ2n) is 4.16. The fourth-order valence-corrected chi connectivity index (χ4v) is 1.83. The molecule has 5 nitrogen and oxygen atoms in total. The number of anilines is 2. The van der Waals surface area contributed by atoms with Gasteiger partial charge in [0.05, 0.1) is 18.0 Å². The Morgan fingerprint density at radius 3 is 2.72 bits per heavy atom. The van der Waals surface area contributed by atoms with Crippen LogP contribution in [0.25, 0.3) is 0 Å². The lowest BCUT2D eigenvalue weighted by Crippen LogP contribution is -2.14. The summed E-state index contributed by atoms with van der Waals surface area (Å²) in [7, 11) is -2.95. The number of ether oxygens (including phenoxy) is 1. The lowest BCUT2D eigenvalue weighted by molar-refractivity contribution is 0.319. The first-order chi connectivity index (χ1) is 8.42. The van der Waals surface area contributed by atoms with E-state index in [-0.39, 0.29) is 5.75 Å². The van der Waals surface area contributed by atoms with E-state index < -0.39 is 9.84 Å². The summed E-state index contributed by atoms with van der Waals surface area (Å²) >= 11 is 0. The summed E-state index contributed by atoms with van der Waals surface area (Å²) in [5.41, 5.74) is 7.16. The van der Waals surface area contributed by atoms with E-state index in [1.165, 1.54) is 6.26 Å². The molecule has 0 aromatic heterocycles. The first-order valence-corrected chi connectivity index (χ1v) is 7.92. The molecule has 3 N–H and O–H groups in total. The van der Waals surface area contributed by atoms with Gasteiger partial charge in [0.25, 0.3) is 0 Å². The third kappa shape index (κ3) is 5.27. The van der Waals surface area contributed by atoms with Gasteiger partial charge in [0.2, 0.25) is 0 Å². The number of nitrogen functional groups attached to an aromatic ring is 1. The van der Waals surface area contributed by atoms with Crippen LogP contribution in [0.5, 0.6) is 5.75 Å². The summed E-state index contributed by atoms with van der Waals surface area (Å²) in [5.74, 6) is 0.726. The molecule has 102 valence electrons. The van der Waals surface area contributed by atoms with Crippen molar-refractivity contribution in [1.29, 1.82) is 0 Å². The topological polar surface area (TPSA) is 81.4 Å². The highest BCUT2D eigenvalue weighted by molar-refractivity contribution is 7.90. The maximum Gasteiger partial charge on any atom is 0.149 e. The Kier molecular flexibility index (Phi) is 5.27. The van der Waals surface area contributed by atoms with Crippen LogP contribution in [0.3, 0.4) is 0 Å². The van der Waals surface area contributed by atoms with E-state index in [2.05, 4.69) is 5.32 Å². The van der Waals surface area contributed by atoms with Crippen molar-refractivity contribution in [2.24, 2.45) is 0 Å². The SMILES string of the molecule is CCCOc1cc(NCCS(C)(=O)=O)ccc1N. The van der Waals surface area contributed by atoms with Gasteiger partial charge >= 0.3 is 0 Å². The van der Waals surface area contributed by atoms with Gasteiger partial charge in [-0.3, -0.25) is 0 Å². The maximum atomic E-state index is 11.0. The summed E-state index contributed by atoms with van der Waals surface area (Å²) in [5, 5.41) is 3.03. The van der Waals surface area contributed by atoms with Gasteiger partial charge in [-0.1, -0.05) is 6.92 Å². The molecule has 18 heavy (non-hydrogen) atoms. The van der Waals surface area contributed by atoms with Crippen molar-refractivity contribution in [3.63, 3.8) is 0 Å². The first-order valence-electron chi connectivity index (χ1n) is 5.86. The van der Waals surface area contributed by atoms with E-state index in [4.69, 9.17) is 10.5 Å². The smallest absolute Gasteiger partial charge is 0.149 e. The van der Waals surface area contributed by atoms with Crippen molar-refractivity contribution in [3.05, 3.63) is 18.2 Å².